The number of likely N-dealkylation sites (N-methyl/N-ethyl adjacent to an activating group) is 1. The molecule has 0 aliphatic carbocycles. The minimum Gasteiger partial charge on any atom is -0.313 e. The molecule has 0 bridgehead atoms. The summed E-state index contributed by atoms with van der Waals surface area (Å²) in [6.45, 7) is 3.94. The van der Waals surface area contributed by atoms with Crippen molar-refractivity contribution in [3.05, 3.63) is 0 Å². The molecule has 0 aromatic rings. The second-order valence-electron chi connectivity index (χ2n) is 4.33. The van der Waals surface area contributed by atoms with Gasteiger partial charge in [-0.1, -0.05) is 6.92 Å². The van der Waals surface area contributed by atoms with E-state index >= 15 is 0 Å². The zero-order valence-electron chi connectivity index (χ0n) is 10.3. The van der Waals surface area contributed by atoms with Crippen molar-refractivity contribution in [2.45, 2.75) is 25.8 Å². The molecule has 5 heteroatoms. The zero-order chi connectivity index (χ0) is 11.9. The van der Waals surface area contributed by atoms with Gasteiger partial charge in [-0.05, 0) is 33.5 Å². The normalized spacial score (nSPS) is 14.5. The van der Waals surface area contributed by atoms with E-state index in [1.54, 1.807) is 0 Å². The first kappa shape index (κ1) is 14.9. The van der Waals surface area contributed by atoms with Gasteiger partial charge in [0.1, 0.15) is 9.84 Å². The second-order valence-corrected chi connectivity index (χ2v) is 6.59. The molecule has 0 aromatic carbocycles. The van der Waals surface area contributed by atoms with Crippen LogP contribution in [0.1, 0.15) is 19.8 Å². The Balaban J connectivity index is 4.00. The van der Waals surface area contributed by atoms with E-state index in [0.717, 1.165) is 19.5 Å². The van der Waals surface area contributed by atoms with Crippen LogP contribution in [-0.2, 0) is 9.84 Å². The summed E-state index contributed by atoms with van der Waals surface area (Å²) in [5.74, 6) is 0.266. The fourth-order valence-electron chi connectivity index (χ4n) is 1.40. The van der Waals surface area contributed by atoms with Gasteiger partial charge < -0.3 is 10.2 Å². The third kappa shape index (κ3) is 10.2. The lowest BCUT2D eigenvalue weighted by atomic mass is 10.2. The van der Waals surface area contributed by atoms with Crippen LogP contribution in [0.4, 0.5) is 0 Å². The van der Waals surface area contributed by atoms with Crippen LogP contribution in [0.5, 0.6) is 0 Å². The van der Waals surface area contributed by atoms with E-state index in [2.05, 4.69) is 17.1 Å². The molecule has 0 saturated heterocycles. The molecule has 92 valence electrons. The summed E-state index contributed by atoms with van der Waals surface area (Å²) in [7, 11) is 1.16. The number of nitrogens with one attached hydrogen (secondary N) is 1. The van der Waals surface area contributed by atoms with E-state index in [0.29, 0.717) is 6.42 Å². The van der Waals surface area contributed by atoms with E-state index in [9.17, 15) is 8.42 Å². The molecule has 0 aromatic heterocycles. The minimum absolute atomic E-state index is 0.266. The predicted octanol–water partition coefficient (Wildman–Crippen LogP) is 0.351. The molecule has 0 saturated carbocycles. The smallest absolute Gasteiger partial charge is 0.147 e. The molecule has 0 heterocycles. The van der Waals surface area contributed by atoms with Crippen molar-refractivity contribution in [1.29, 1.82) is 0 Å². The molecule has 0 spiro atoms. The lowest BCUT2D eigenvalue weighted by molar-refractivity contribution is 0.332. The molecule has 1 unspecified atom stereocenters. The van der Waals surface area contributed by atoms with Crippen LogP contribution in [0.2, 0.25) is 0 Å². The van der Waals surface area contributed by atoms with E-state index in [1.807, 2.05) is 14.1 Å². The number of hydrogen-bond donors (Lipinski definition) is 1. The predicted molar refractivity (Wildman–Crippen MR) is 65.0 cm³/mol. The second kappa shape index (κ2) is 7.19. The first-order valence-electron chi connectivity index (χ1n) is 5.41. The molecule has 0 radical (unpaired) electrons. The van der Waals surface area contributed by atoms with Gasteiger partial charge >= 0.3 is 0 Å². The summed E-state index contributed by atoms with van der Waals surface area (Å²) >= 11 is 0. The first-order chi connectivity index (χ1) is 6.85. The van der Waals surface area contributed by atoms with Gasteiger partial charge in [0, 0.05) is 18.8 Å². The summed E-state index contributed by atoms with van der Waals surface area (Å²) < 4.78 is 22.1. The van der Waals surface area contributed by atoms with Crippen LogP contribution >= 0.6 is 0 Å². The van der Waals surface area contributed by atoms with Crippen LogP contribution in [0.3, 0.4) is 0 Å². The van der Waals surface area contributed by atoms with Crippen molar-refractivity contribution in [3.8, 4) is 0 Å². The molecular formula is C10H24N2O2S. The number of sulfone groups is 1. The van der Waals surface area contributed by atoms with Gasteiger partial charge in [-0.3, -0.25) is 0 Å². The van der Waals surface area contributed by atoms with Gasteiger partial charge in [-0.15, -0.1) is 0 Å². The summed E-state index contributed by atoms with van der Waals surface area (Å²) in [5.41, 5.74) is 0. The molecule has 0 rings (SSSR count). The van der Waals surface area contributed by atoms with Crippen molar-refractivity contribution in [1.82, 2.24) is 10.2 Å². The molecule has 1 N–H and O–H groups in total. The third-order valence-electron chi connectivity index (χ3n) is 2.11. The standard InChI is InChI=1S/C10H24N2O2S/c1-5-7-11-10(9-12(2)3)6-8-15(4,13)14/h10-11H,5-9H2,1-4H3. The van der Waals surface area contributed by atoms with Crippen molar-refractivity contribution < 1.29 is 8.42 Å². The van der Waals surface area contributed by atoms with Gasteiger partial charge in [0.05, 0.1) is 5.75 Å². The third-order valence-corrected chi connectivity index (χ3v) is 3.08. The highest BCUT2D eigenvalue weighted by Gasteiger charge is 2.12. The van der Waals surface area contributed by atoms with E-state index in [-0.39, 0.29) is 11.8 Å². The maximum absolute atomic E-state index is 11.1. The quantitative estimate of drug-likeness (QED) is 0.661. The highest BCUT2D eigenvalue weighted by atomic mass is 32.2. The lowest BCUT2D eigenvalue weighted by Gasteiger charge is -2.21. The maximum Gasteiger partial charge on any atom is 0.147 e. The summed E-state index contributed by atoms with van der Waals surface area (Å²) in [4.78, 5) is 2.08. The Morgan fingerprint density at radius 1 is 1.33 bits per heavy atom. The topological polar surface area (TPSA) is 49.4 Å². The molecule has 0 fully saturated rings. The summed E-state index contributed by atoms with van der Waals surface area (Å²) in [6.07, 6.45) is 3.05. The Hall–Kier alpha value is -0.130. The SMILES string of the molecule is CCCNC(CCS(C)(=O)=O)CN(C)C. The highest BCUT2D eigenvalue weighted by molar-refractivity contribution is 7.90. The van der Waals surface area contributed by atoms with E-state index in [1.165, 1.54) is 6.26 Å². The zero-order valence-corrected chi connectivity index (χ0v) is 11.1. The lowest BCUT2D eigenvalue weighted by Crippen LogP contribution is -2.39. The molecule has 0 amide bonds. The summed E-state index contributed by atoms with van der Waals surface area (Å²) in [6, 6.07) is 0.273. The van der Waals surface area contributed by atoms with Crippen LogP contribution in [0, 0.1) is 0 Å². The van der Waals surface area contributed by atoms with Gasteiger partial charge in [0.2, 0.25) is 0 Å². The summed E-state index contributed by atoms with van der Waals surface area (Å²) in [5, 5.41) is 3.37. The van der Waals surface area contributed by atoms with Crippen LogP contribution in [0.25, 0.3) is 0 Å². The van der Waals surface area contributed by atoms with Crippen LogP contribution in [-0.4, -0.2) is 58.6 Å². The average Bonchev–Trinajstić information content (AvgIpc) is 2.07. The highest BCUT2D eigenvalue weighted by Crippen LogP contribution is 1.98. The molecule has 4 nitrogen and oxygen atoms in total. The van der Waals surface area contributed by atoms with Crippen molar-refractivity contribution in [2.75, 3.05) is 39.2 Å². The molecule has 0 aliphatic rings. The van der Waals surface area contributed by atoms with Crippen molar-refractivity contribution in [3.63, 3.8) is 0 Å². The largest absolute Gasteiger partial charge is 0.313 e. The monoisotopic (exact) mass is 236 g/mol. The van der Waals surface area contributed by atoms with Crippen LogP contribution in [0.15, 0.2) is 0 Å². The minimum atomic E-state index is -2.84. The Labute approximate surface area is 94.0 Å². The van der Waals surface area contributed by atoms with E-state index < -0.39 is 9.84 Å². The first-order valence-corrected chi connectivity index (χ1v) is 7.47. The average molecular weight is 236 g/mol. The van der Waals surface area contributed by atoms with Crippen molar-refractivity contribution >= 4 is 9.84 Å². The number of hydrogen-bond acceptors (Lipinski definition) is 4. The fourth-order valence-corrected chi connectivity index (χ4v) is 2.12. The van der Waals surface area contributed by atoms with Gasteiger partial charge in [0.15, 0.2) is 0 Å². The van der Waals surface area contributed by atoms with Crippen molar-refractivity contribution in [2.24, 2.45) is 0 Å². The Morgan fingerprint density at radius 2 is 1.93 bits per heavy atom. The molecule has 1 atom stereocenters. The molecule has 0 aliphatic heterocycles. The number of nitrogens with zero attached hydrogens (tertiary/aromatic N) is 1. The van der Waals surface area contributed by atoms with Gasteiger partial charge in [-0.2, -0.15) is 0 Å². The Kier molecular flexibility index (Phi) is 7.13. The van der Waals surface area contributed by atoms with Crippen LogP contribution < -0.4 is 5.32 Å². The Morgan fingerprint density at radius 3 is 2.33 bits per heavy atom. The molecule has 15 heavy (non-hydrogen) atoms. The van der Waals surface area contributed by atoms with Gasteiger partial charge in [0.25, 0.3) is 0 Å². The maximum atomic E-state index is 11.1. The Bertz CT molecular complexity index is 250. The number of rotatable bonds is 8. The fraction of sp³-hybridized carbons (Fsp3) is 1.00. The molecular weight excluding hydrogens is 212 g/mol. The van der Waals surface area contributed by atoms with E-state index in [4.69, 9.17) is 0 Å². The van der Waals surface area contributed by atoms with Gasteiger partial charge in [-0.25, -0.2) is 8.42 Å².